The fourth-order valence-electron chi connectivity index (χ4n) is 3.12. The Morgan fingerprint density at radius 3 is 2.41 bits per heavy atom. The van der Waals surface area contributed by atoms with E-state index in [1.807, 2.05) is 0 Å². The molecule has 1 aliphatic heterocycles. The molecule has 3 rings (SSSR count). The summed E-state index contributed by atoms with van der Waals surface area (Å²) in [7, 11) is 0. The molecular formula is C19H25N3. The van der Waals surface area contributed by atoms with Gasteiger partial charge >= 0.3 is 0 Å². The van der Waals surface area contributed by atoms with Gasteiger partial charge in [0.2, 0.25) is 0 Å². The Hall–Kier alpha value is -2.00. The first-order chi connectivity index (χ1) is 10.8. The zero-order chi connectivity index (χ0) is 15.4. The second kappa shape index (κ2) is 6.84. The van der Waals surface area contributed by atoms with Gasteiger partial charge in [-0.2, -0.15) is 0 Å². The molecule has 0 saturated carbocycles. The van der Waals surface area contributed by atoms with E-state index in [9.17, 15) is 0 Å². The van der Waals surface area contributed by atoms with E-state index in [4.69, 9.17) is 0 Å². The van der Waals surface area contributed by atoms with Crippen molar-refractivity contribution < 1.29 is 0 Å². The van der Waals surface area contributed by atoms with Crippen LogP contribution in [-0.2, 0) is 6.54 Å². The van der Waals surface area contributed by atoms with Crippen molar-refractivity contribution in [2.75, 3.05) is 36.4 Å². The zero-order valence-electron chi connectivity index (χ0n) is 13.5. The van der Waals surface area contributed by atoms with Gasteiger partial charge in [-0.1, -0.05) is 44.2 Å². The van der Waals surface area contributed by atoms with Gasteiger partial charge in [0.05, 0.1) is 11.4 Å². The highest BCUT2D eigenvalue weighted by Crippen LogP contribution is 2.37. The molecule has 116 valence electrons. The van der Waals surface area contributed by atoms with Crippen LogP contribution in [0.4, 0.5) is 17.1 Å². The highest BCUT2D eigenvalue weighted by atomic mass is 15.2. The van der Waals surface area contributed by atoms with Crippen LogP contribution in [-0.4, -0.2) is 31.1 Å². The number of anilines is 3. The fourth-order valence-corrected chi connectivity index (χ4v) is 3.12. The third kappa shape index (κ3) is 2.95. The van der Waals surface area contributed by atoms with Crippen molar-refractivity contribution in [3.63, 3.8) is 0 Å². The van der Waals surface area contributed by atoms with Crippen molar-refractivity contribution in [2.45, 2.75) is 20.4 Å². The Morgan fingerprint density at radius 1 is 0.955 bits per heavy atom. The van der Waals surface area contributed by atoms with Gasteiger partial charge in [0.15, 0.2) is 0 Å². The summed E-state index contributed by atoms with van der Waals surface area (Å²) in [6.45, 7) is 9.64. The van der Waals surface area contributed by atoms with Crippen LogP contribution in [0.25, 0.3) is 0 Å². The largest absolute Gasteiger partial charge is 0.379 e. The van der Waals surface area contributed by atoms with E-state index in [1.165, 1.54) is 22.6 Å². The van der Waals surface area contributed by atoms with Gasteiger partial charge in [-0.25, -0.2) is 0 Å². The molecule has 2 aromatic rings. The minimum atomic E-state index is 0.884. The van der Waals surface area contributed by atoms with Crippen molar-refractivity contribution in [2.24, 2.45) is 0 Å². The van der Waals surface area contributed by atoms with E-state index in [2.05, 4.69) is 77.5 Å². The van der Waals surface area contributed by atoms with Crippen LogP contribution in [0.3, 0.4) is 0 Å². The van der Waals surface area contributed by atoms with Crippen molar-refractivity contribution in [1.82, 2.24) is 4.90 Å². The summed E-state index contributed by atoms with van der Waals surface area (Å²) in [5, 5.41) is 3.57. The van der Waals surface area contributed by atoms with Crippen LogP contribution in [0.5, 0.6) is 0 Å². The number of para-hydroxylation sites is 3. The van der Waals surface area contributed by atoms with E-state index in [0.717, 1.165) is 32.7 Å². The first-order valence-corrected chi connectivity index (χ1v) is 8.24. The highest BCUT2D eigenvalue weighted by Gasteiger charge is 2.19. The van der Waals surface area contributed by atoms with Crippen molar-refractivity contribution in [3.05, 3.63) is 54.1 Å². The Morgan fingerprint density at radius 2 is 1.64 bits per heavy atom. The van der Waals surface area contributed by atoms with Gasteiger partial charge in [-0.05, 0) is 36.9 Å². The standard InChI is InChI=1S/C19H25N3/c1-3-21(4-2)13-14-22-18-11-7-5-9-16(18)15-20-17-10-6-8-12-19(17)22/h5-12,20H,3-4,13-15H2,1-2H3. The second-order valence-corrected chi connectivity index (χ2v) is 5.68. The van der Waals surface area contributed by atoms with E-state index in [-0.39, 0.29) is 0 Å². The zero-order valence-corrected chi connectivity index (χ0v) is 13.5. The van der Waals surface area contributed by atoms with Crippen LogP contribution >= 0.6 is 0 Å². The summed E-state index contributed by atoms with van der Waals surface area (Å²) < 4.78 is 0. The Kier molecular flexibility index (Phi) is 4.64. The lowest BCUT2D eigenvalue weighted by atomic mass is 10.1. The van der Waals surface area contributed by atoms with Crippen molar-refractivity contribution in [1.29, 1.82) is 0 Å². The van der Waals surface area contributed by atoms with Gasteiger partial charge in [-0.3, -0.25) is 0 Å². The van der Waals surface area contributed by atoms with Gasteiger partial charge in [-0.15, -0.1) is 0 Å². The molecule has 3 heteroatoms. The molecule has 0 bridgehead atoms. The van der Waals surface area contributed by atoms with Crippen LogP contribution in [0.15, 0.2) is 48.5 Å². The lowest BCUT2D eigenvalue weighted by Crippen LogP contribution is -2.33. The summed E-state index contributed by atoms with van der Waals surface area (Å²) in [6.07, 6.45) is 0. The molecule has 0 amide bonds. The molecule has 0 aromatic heterocycles. The maximum atomic E-state index is 3.57. The van der Waals surface area contributed by atoms with Crippen molar-refractivity contribution >= 4 is 17.1 Å². The summed E-state index contributed by atoms with van der Waals surface area (Å²) in [4.78, 5) is 4.94. The number of benzene rings is 2. The number of hydrogen-bond acceptors (Lipinski definition) is 3. The maximum absolute atomic E-state index is 3.57. The summed E-state index contributed by atoms with van der Waals surface area (Å²) >= 11 is 0. The molecule has 0 fully saturated rings. The van der Waals surface area contributed by atoms with Crippen LogP contribution in [0.2, 0.25) is 0 Å². The molecule has 0 spiro atoms. The predicted octanol–water partition coefficient (Wildman–Crippen LogP) is 4.09. The van der Waals surface area contributed by atoms with Gasteiger partial charge < -0.3 is 15.1 Å². The highest BCUT2D eigenvalue weighted by molar-refractivity contribution is 5.80. The number of rotatable bonds is 5. The van der Waals surface area contributed by atoms with Gasteiger partial charge in [0, 0.05) is 25.3 Å². The number of fused-ring (bicyclic) bond motifs is 2. The second-order valence-electron chi connectivity index (χ2n) is 5.68. The number of likely N-dealkylation sites (N-methyl/N-ethyl adjacent to an activating group) is 1. The Balaban J connectivity index is 1.95. The molecule has 1 aliphatic rings. The number of hydrogen-bond donors (Lipinski definition) is 1. The Bertz CT molecular complexity index is 572. The third-order valence-electron chi connectivity index (χ3n) is 4.48. The lowest BCUT2D eigenvalue weighted by Gasteiger charge is -2.29. The monoisotopic (exact) mass is 295 g/mol. The van der Waals surface area contributed by atoms with Crippen LogP contribution < -0.4 is 10.2 Å². The van der Waals surface area contributed by atoms with E-state index >= 15 is 0 Å². The molecule has 1 heterocycles. The van der Waals surface area contributed by atoms with Crippen LogP contribution in [0, 0.1) is 0 Å². The van der Waals surface area contributed by atoms with Gasteiger partial charge in [0.25, 0.3) is 0 Å². The predicted molar refractivity (Wildman–Crippen MR) is 95.0 cm³/mol. The molecule has 0 radical (unpaired) electrons. The lowest BCUT2D eigenvalue weighted by molar-refractivity contribution is 0.312. The number of nitrogens with one attached hydrogen (secondary N) is 1. The third-order valence-corrected chi connectivity index (χ3v) is 4.48. The first-order valence-electron chi connectivity index (χ1n) is 8.24. The van der Waals surface area contributed by atoms with Gasteiger partial charge in [0.1, 0.15) is 0 Å². The maximum Gasteiger partial charge on any atom is 0.0647 e. The summed E-state index contributed by atoms with van der Waals surface area (Å²) in [6, 6.07) is 17.3. The Labute approximate surface area is 133 Å². The fraction of sp³-hybridized carbons (Fsp3) is 0.368. The summed E-state index contributed by atoms with van der Waals surface area (Å²) in [5.41, 5.74) is 5.18. The minimum Gasteiger partial charge on any atom is -0.379 e. The molecular weight excluding hydrogens is 270 g/mol. The molecule has 0 aliphatic carbocycles. The smallest absolute Gasteiger partial charge is 0.0647 e. The molecule has 2 aromatic carbocycles. The number of nitrogens with zero attached hydrogens (tertiary/aromatic N) is 2. The van der Waals surface area contributed by atoms with E-state index < -0.39 is 0 Å². The van der Waals surface area contributed by atoms with E-state index in [1.54, 1.807) is 0 Å². The average molecular weight is 295 g/mol. The molecule has 0 unspecified atom stereocenters. The minimum absolute atomic E-state index is 0.884. The van der Waals surface area contributed by atoms with Crippen LogP contribution in [0.1, 0.15) is 19.4 Å². The summed E-state index contributed by atoms with van der Waals surface area (Å²) in [5.74, 6) is 0. The normalized spacial score (nSPS) is 13.3. The average Bonchev–Trinajstić information content (AvgIpc) is 2.73. The molecule has 22 heavy (non-hydrogen) atoms. The SMILES string of the molecule is CCN(CC)CCN1c2ccccc2CNc2ccccc21. The molecule has 1 N–H and O–H groups in total. The van der Waals surface area contributed by atoms with E-state index in [0.29, 0.717) is 0 Å². The first kappa shape index (κ1) is 14.9. The quantitative estimate of drug-likeness (QED) is 0.896. The van der Waals surface area contributed by atoms with Crippen molar-refractivity contribution in [3.8, 4) is 0 Å². The molecule has 0 saturated heterocycles. The molecule has 3 nitrogen and oxygen atoms in total. The topological polar surface area (TPSA) is 18.5 Å². The molecule has 0 atom stereocenters.